The smallest absolute Gasteiger partial charge is 0.328 e. The monoisotopic (exact) mass is 447 g/mol. The zero-order chi connectivity index (χ0) is 21.9. The molecule has 1 amide bonds. The van der Waals surface area contributed by atoms with Crippen LogP contribution >= 0.6 is 24.4 Å². The van der Waals surface area contributed by atoms with Gasteiger partial charge in [-0.15, -0.1) is 0 Å². The summed E-state index contributed by atoms with van der Waals surface area (Å²) >= 11 is 5.82. The average Bonchev–Trinajstić information content (AvgIpc) is 2.79. The Labute approximate surface area is 187 Å². The molecule has 0 fully saturated rings. The maximum absolute atomic E-state index is 13.1. The van der Waals surface area contributed by atoms with Crippen molar-refractivity contribution in [2.45, 2.75) is 18.5 Å². The van der Waals surface area contributed by atoms with Crippen molar-refractivity contribution >= 4 is 42.0 Å². The van der Waals surface area contributed by atoms with E-state index in [-0.39, 0.29) is 11.9 Å². The molecule has 0 bridgehead atoms. The lowest BCUT2D eigenvalue weighted by molar-refractivity contribution is -0.142. The van der Waals surface area contributed by atoms with E-state index in [0.29, 0.717) is 24.3 Å². The second-order valence-electron chi connectivity index (χ2n) is 6.78. The summed E-state index contributed by atoms with van der Waals surface area (Å²) in [6, 6.07) is 14.4. The largest absolute Gasteiger partial charge is 0.467 e. The van der Waals surface area contributed by atoms with Crippen molar-refractivity contribution < 1.29 is 14.3 Å². The van der Waals surface area contributed by atoms with Crippen molar-refractivity contribution in [1.82, 2.24) is 5.32 Å². The van der Waals surface area contributed by atoms with E-state index in [9.17, 15) is 9.59 Å². The number of carbonyl (C=O) groups is 2. The first-order valence-electron chi connectivity index (χ1n) is 9.67. The van der Waals surface area contributed by atoms with E-state index < -0.39 is 12.0 Å². The SMILES string of the molecule is COC(=O)[C@H](CCSC)NC(=O)c1ccc(NCC(N)CS)cc1-c1ccccc1. The lowest BCUT2D eigenvalue weighted by Gasteiger charge is -2.19. The Morgan fingerprint density at radius 3 is 2.57 bits per heavy atom. The number of thioether (sulfide) groups is 1. The summed E-state index contributed by atoms with van der Waals surface area (Å²) in [4.78, 5) is 25.2. The topological polar surface area (TPSA) is 93.4 Å². The number of methoxy groups -OCH3 is 1. The number of ether oxygens (including phenoxy) is 1. The molecule has 6 nitrogen and oxygen atoms in total. The highest BCUT2D eigenvalue weighted by molar-refractivity contribution is 7.98. The highest BCUT2D eigenvalue weighted by atomic mass is 32.2. The van der Waals surface area contributed by atoms with Gasteiger partial charge in [0.25, 0.3) is 5.91 Å². The molecule has 0 aliphatic carbocycles. The number of benzene rings is 2. The van der Waals surface area contributed by atoms with Gasteiger partial charge in [0.15, 0.2) is 0 Å². The van der Waals surface area contributed by atoms with Crippen LogP contribution in [0, 0.1) is 0 Å². The van der Waals surface area contributed by atoms with Gasteiger partial charge in [-0.3, -0.25) is 4.79 Å². The van der Waals surface area contributed by atoms with Gasteiger partial charge in [-0.05, 0) is 47.8 Å². The molecule has 2 rings (SSSR count). The average molecular weight is 448 g/mol. The van der Waals surface area contributed by atoms with Crippen LogP contribution in [0.15, 0.2) is 48.5 Å². The first-order valence-corrected chi connectivity index (χ1v) is 11.7. The van der Waals surface area contributed by atoms with Gasteiger partial charge in [-0.2, -0.15) is 24.4 Å². The molecule has 2 aromatic rings. The zero-order valence-corrected chi connectivity index (χ0v) is 19.0. The van der Waals surface area contributed by atoms with Crippen molar-refractivity contribution in [2.24, 2.45) is 5.73 Å². The fourth-order valence-electron chi connectivity index (χ4n) is 2.89. The van der Waals surface area contributed by atoms with Gasteiger partial charge >= 0.3 is 5.97 Å². The number of hydrogen-bond acceptors (Lipinski definition) is 7. The van der Waals surface area contributed by atoms with E-state index in [1.165, 1.54) is 7.11 Å². The molecule has 1 unspecified atom stereocenters. The van der Waals surface area contributed by atoms with E-state index in [1.54, 1.807) is 17.8 Å². The number of anilines is 1. The van der Waals surface area contributed by atoms with Crippen molar-refractivity contribution in [3.8, 4) is 11.1 Å². The molecule has 4 N–H and O–H groups in total. The quantitative estimate of drug-likeness (QED) is 0.313. The van der Waals surface area contributed by atoms with Crippen LogP contribution in [-0.4, -0.2) is 55.4 Å². The Hall–Kier alpha value is -2.16. The number of carbonyl (C=O) groups excluding carboxylic acids is 2. The summed E-state index contributed by atoms with van der Waals surface area (Å²) in [6.45, 7) is 0.572. The number of hydrogen-bond donors (Lipinski definition) is 4. The summed E-state index contributed by atoms with van der Waals surface area (Å²) in [5, 5.41) is 6.12. The predicted octanol–water partition coefficient (Wildman–Crippen LogP) is 3.05. The van der Waals surface area contributed by atoms with Crippen LogP contribution in [0.4, 0.5) is 5.69 Å². The maximum atomic E-state index is 13.1. The molecular weight excluding hydrogens is 418 g/mol. The molecule has 0 spiro atoms. The second kappa shape index (κ2) is 12.5. The van der Waals surface area contributed by atoms with E-state index in [0.717, 1.165) is 22.6 Å². The van der Waals surface area contributed by atoms with Crippen LogP contribution in [0.1, 0.15) is 16.8 Å². The first-order chi connectivity index (χ1) is 14.5. The standard InChI is InChI=1S/C22H29N3O3S2/c1-28-22(27)20(10-11-30-2)25-21(26)18-9-8-17(24-13-16(23)14-29)12-19(18)15-6-4-3-5-7-15/h3-9,12,16,20,24,29H,10-11,13-14,23H2,1-2H3,(H,25,26)/t16?,20-/m0/s1. The van der Waals surface area contributed by atoms with Gasteiger partial charge in [0, 0.05) is 29.6 Å². The van der Waals surface area contributed by atoms with Crippen LogP contribution in [0.5, 0.6) is 0 Å². The second-order valence-corrected chi connectivity index (χ2v) is 8.13. The Morgan fingerprint density at radius 1 is 1.20 bits per heavy atom. The number of esters is 1. The highest BCUT2D eigenvalue weighted by Crippen LogP contribution is 2.27. The van der Waals surface area contributed by atoms with Gasteiger partial charge in [0.05, 0.1) is 7.11 Å². The zero-order valence-electron chi connectivity index (χ0n) is 17.3. The lowest BCUT2D eigenvalue weighted by Crippen LogP contribution is -2.42. The minimum Gasteiger partial charge on any atom is -0.467 e. The highest BCUT2D eigenvalue weighted by Gasteiger charge is 2.23. The molecule has 0 aliphatic rings. The maximum Gasteiger partial charge on any atom is 0.328 e. The first kappa shape index (κ1) is 24.1. The van der Waals surface area contributed by atoms with Crippen LogP contribution in [0.2, 0.25) is 0 Å². The molecule has 2 aromatic carbocycles. The summed E-state index contributed by atoms with van der Waals surface area (Å²) in [6.07, 6.45) is 2.45. The molecule has 30 heavy (non-hydrogen) atoms. The van der Waals surface area contributed by atoms with E-state index in [1.807, 2.05) is 48.7 Å². The fraction of sp³-hybridized carbons (Fsp3) is 0.364. The summed E-state index contributed by atoms with van der Waals surface area (Å²) in [7, 11) is 1.33. The molecule has 0 saturated heterocycles. The molecule has 0 radical (unpaired) electrons. The Bertz CT molecular complexity index is 834. The fourth-order valence-corrected chi connectivity index (χ4v) is 3.49. The number of thiol groups is 1. The van der Waals surface area contributed by atoms with Gasteiger partial charge in [0.2, 0.25) is 0 Å². The third kappa shape index (κ3) is 6.97. The number of nitrogens with one attached hydrogen (secondary N) is 2. The van der Waals surface area contributed by atoms with E-state index in [4.69, 9.17) is 10.5 Å². The van der Waals surface area contributed by atoms with Gasteiger partial charge < -0.3 is 21.1 Å². The third-order valence-corrected chi connectivity index (χ3v) is 5.67. The number of nitrogens with two attached hydrogens (primary N) is 1. The lowest BCUT2D eigenvalue weighted by atomic mass is 9.98. The summed E-state index contributed by atoms with van der Waals surface area (Å²) in [5.74, 6) is 0.547. The normalized spacial score (nSPS) is 12.7. The molecular formula is C22H29N3O3S2. The number of amides is 1. The Kier molecular flexibility index (Phi) is 10.1. The molecule has 0 saturated carbocycles. The van der Waals surface area contributed by atoms with Crippen LogP contribution in [0.3, 0.4) is 0 Å². The predicted molar refractivity (Wildman–Crippen MR) is 128 cm³/mol. The van der Waals surface area contributed by atoms with Crippen molar-refractivity contribution in [3.05, 3.63) is 54.1 Å². The van der Waals surface area contributed by atoms with E-state index >= 15 is 0 Å². The van der Waals surface area contributed by atoms with E-state index in [2.05, 4.69) is 23.3 Å². The van der Waals surface area contributed by atoms with Gasteiger partial charge in [-0.25, -0.2) is 4.79 Å². The van der Waals surface area contributed by atoms with Crippen molar-refractivity contribution in [2.75, 3.05) is 36.7 Å². The molecule has 0 heterocycles. The molecule has 0 aromatic heterocycles. The van der Waals surface area contributed by atoms with Crippen molar-refractivity contribution in [1.29, 1.82) is 0 Å². The Morgan fingerprint density at radius 2 is 1.93 bits per heavy atom. The Balaban J connectivity index is 2.32. The minimum atomic E-state index is -0.690. The van der Waals surface area contributed by atoms with Crippen LogP contribution < -0.4 is 16.4 Å². The minimum absolute atomic E-state index is 0.0752. The molecule has 162 valence electrons. The molecule has 2 atom stereocenters. The van der Waals surface area contributed by atoms with Crippen LogP contribution in [-0.2, 0) is 9.53 Å². The van der Waals surface area contributed by atoms with Gasteiger partial charge in [0.1, 0.15) is 6.04 Å². The van der Waals surface area contributed by atoms with Gasteiger partial charge in [-0.1, -0.05) is 30.3 Å². The van der Waals surface area contributed by atoms with Crippen LogP contribution in [0.25, 0.3) is 11.1 Å². The summed E-state index contributed by atoms with van der Waals surface area (Å²) < 4.78 is 4.85. The third-order valence-electron chi connectivity index (χ3n) is 4.55. The molecule has 8 heteroatoms. The summed E-state index contributed by atoms with van der Waals surface area (Å²) in [5.41, 5.74) is 8.96. The number of rotatable bonds is 11. The molecule has 0 aliphatic heterocycles. The van der Waals surface area contributed by atoms with Crippen molar-refractivity contribution in [3.63, 3.8) is 0 Å².